The van der Waals surface area contributed by atoms with Crippen LogP contribution in [0.5, 0.6) is 0 Å². The van der Waals surface area contributed by atoms with Gasteiger partial charge in [0.1, 0.15) is 0 Å². The first-order valence-electron chi connectivity index (χ1n) is 38.3. The fourth-order valence-electron chi connectivity index (χ4n) is 29.8. The number of rotatable bonds is 7. The van der Waals surface area contributed by atoms with E-state index in [2.05, 4.69) is 9.80 Å². The number of hydrogen-bond donors (Lipinski definition) is 0. The van der Waals surface area contributed by atoms with Gasteiger partial charge in [0.2, 0.25) is 0 Å². The van der Waals surface area contributed by atoms with Gasteiger partial charge in [-0.2, -0.15) is 0 Å². The lowest BCUT2D eigenvalue weighted by atomic mass is 9.39. The maximum absolute atomic E-state index is 3.50. The molecule has 0 N–H and O–H groups in total. The monoisotopic (exact) mass is 1060 g/mol. The maximum Gasteiger partial charge on any atom is 0.0133 e. The maximum atomic E-state index is 3.50. The topological polar surface area (TPSA) is 6.48 Å². The molecule has 22 atom stereocenters. The van der Waals surface area contributed by atoms with E-state index in [9.17, 15) is 0 Å². The van der Waals surface area contributed by atoms with Crippen LogP contribution in [0.4, 0.5) is 0 Å². The highest BCUT2D eigenvalue weighted by atomic mass is 15.3. The van der Waals surface area contributed by atoms with Crippen molar-refractivity contribution < 1.29 is 0 Å². The average Bonchev–Trinajstić information content (AvgIpc) is 4.17. The Bertz CT molecular complexity index is 1730. The minimum atomic E-state index is 0.938. The van der Waals surface area contributed by atoms with Gasteiger partial charge in [-0.1, -0.05) is 167 Å². The summed E-state index contributed by atoms with van der Waals surface area (Å²) in [6.45, 7) is 0. The molecule has 16 aliphatic rings. The molecule has 0 aromatic carbocycles. The van der Waals surface area contributed by atoms with Gasteiger partial charge < -0.3 is 0 Å². The lowest BCUT2D eigenvalue weighted by Gasteiger charge is -2.66. The molecule has 0 amide bonds. The third-order valence-electron chi connectivity index (χ3n) is 31.7. The molecule has 0 aromatic rings. The van der Waals surface area contributed by atoms with E-state index < -0.39 is 0 Å². The van der Waals surface area contributed by atoms with Crippen molar-refractivity contribution in [3.8, 4) is 0 Å². The molecule has 14 saturated carbocycles. The van der Waals surface area contributed by atoms with Gasteiger partial charge in [0, 0.05) is 36.3 Å². The first-order valence-corrected chi connectivity index (χ1v) is 38.3. The SMILES string of the molecule is C1CCC(C2CC(C3C4CCCCC4C(C4C5CCCCC5C(C5CC(C6CCCCC6)CC(N6C7CCCCC7C7CCCCC76)C5)C5CCCCC54)C4CCCCC43)CC(N3C4CCCCC4C4CCCCC43)C2)CC1. The van der Waals surface area contributed by atoms with E-state index in [1.165, 1.54) is 0 Å². The van der Waals surface area contributed by atoms with Crippen molar-refractivity contribution in [1.82, 2.24) is 9.80 Å². The summed E-state index contributed by atoms with van der Waals surface area (Å²) >= 11 is 0. The molecule has 2 heterocycles. The lowest BCUT2D eigenvalue weighted by molar-refractivity contribution is -0.178. The van der Waals surface area contributed by atoms with Gasteiger partial charge in [-0.25, -0.2) is 0 Å². The Hall–Kier alpha value is -0.0800. The van der Waals surface area contributed by atoms with Gasteiger partial charge in [0.25, 0.3) is 0 Å². The van der Waals surface area contributed by atoms with Crippen LogP contribution in [-0.2, 0) is 0 Å². The lowest BCUT2D eigenvalue weighted by Crippen LogP contribution is -2.61. The van der Waals surface area contributed by atoms with E-state index >= 15 is 0 Å². The molecule has 14 aliphatic carbocycles. The summed E-state index contributed by atoms with van der Waals surface area (Å²) in [5.74, 6) is 23.8. The Morgan fingerprint density at radius 3 is 0.654 bits per heavy atom. The fraction of sp³-hybridized carbons (Fsp3) is 1.00. The highest BCUT2D eigenvalue weighted by Gasteiger charge is 2.64. The predicted octanol–water partition coefficient (Wildman–Crippen LogP) is 20.3. The fourth-order valence-corrected chi connectivity index (χ4v) is 29.8. The van der Waals surface area contributed by atoms with Gasteiger partial charge >= 0.3 is 0 Å². The van der Waals surface area contributed by atoms with Crippen LogP contribution < -0.4 is 0 Å². The second kappa shape index (κ2) is 23.3. The minimum Gasteiger partial charge on any atom is -0.294 e. The van der Waals surface area contributed by atoms with Crippen LogP contribution >= 0.6 is 0 Å². The minimum absolute atomic E-state index is 0.938. The molecule has 2 aliphatic heterocycles. The first kappa shape index (κ1) is 53.4. The van der Waals surface area contributed by atoms with Crippen molar-refractivity contribution >= 4 is 0 Å². The Morgan fingerprint density at radius 1 is 0.154 bits per heavy atom. The molecular weight excluding hydrogens is 941 g/mol. The van der Waals surface area contributed by atoms with Crippen LogP contribution in [0.15, 0.2) is 0 Å². The summed E-state index contributed by atoms with van der Waals surface area (Å²) in [6, 6.07) is 5.75. The number of hydrogen-bond acceptors (Lipinski definition) is 2. The van der Waals surface area contributed by atoms with Crippen LogP contribution in [0, 0.1) is 130 Å². The summed E-state index contributed by atoms with van der Waals surface area (Å²) in [4.78, 5) is 7.00. The molecular formula is C76H124N2. The van der Waals surface area contributed by atoms with E-state index in [1.54, 1.807) is 308 Å². The largest absolute Gasteiger partial charge is 0.294 e. The van der Waals surface area contributed by atoms with Crippen molar-refractivity contribution in [2.75, 3.05) is 0 Å². The normalized spacial score (nSPS) is 53.5. The number of fused-ring (bicyclic) bond motifs is 10. The Labute approximate surface area is 482 Å². The zero-order valence-electron chi connectivity index (χ0n) is 51.0. The summed E-state index contributed by atoms with van der Waals surface area (Å²) in [7, 11) is 0. The van der Waals surface area contributed by atoms with E-state index in [0.717, 1.165) is 166 Å². The van der Waals surface area contributed by atoms with Crippen LogP contribution in [-0.4, -0.2) is 46.1 Å². The zero-order valence-corrected chi connectivity index (χ0v) is 51.0. The molecule has 78 heavy (non-hydrogen) atoms. The van der Waals surface area contributed by atoms with E-state index in [1.807, 2.05) is 0 Å². The van der Waals surface area contributed by atoms with Crippen LogP contribution in [0.3, 0.4) is 0 Å². The van der Waals surface area contributed by atoms with E-state index in [0.29, 0.717) is 0 Å². The Balaban J connectivity index is 0.730. The van der Waals surface area contributed by atoms with Gasteiger partial charge in [-0.3, -0.25) is 9.80 Å². The van der Waals surface area contributed by atoms with Gasteiger partial charge in [-0.15, -0.1) is 0 Å². The van der Waals surface area contributed by atoms with Crippen LogP contribution in [0.2, 0.25) is 0 Å². The molecule has 0 bridgehead atoms. The van der Waals surface area contributed by atoms with Crippen molar-refractivity contribution in [3.05, 3.63) is 0 Å². The number of likely N-dealkylation sites (tertiary alicyclic amines) is 2. The summed E-state index contributed by atoms with van der Waals surface area (Å²) in [6.07, 6.45) is 76.8. The summed E-state index contributed by atoms with van der Waals surface area (Å²) in [5.41, 5.74) is 0. The zero-order chi connectivity index (χ0) is 51.3. The van der Waals surface area contributed by atoms with Crippen molar-refractivity contribution in [2.45, 2.75) is 344 Å². The van der Waals surface area contributed by atoms with Gasteiger partial charge in [0.15, 0.2) is 0 Å². The molecule has 2 saturated heterocycles. The first-order chi connectivity index (χ1) is 38.7. The highest BCUT2D eigenvalue weighted by Crippen LogP contribution is 2.70. The summed E-state index contributed by atoms with van der Waals surface area (Å²) < 4.78 is 0. The van der Waals surface area contributed by atoms with Crippen molar-refractivity contribution in [1.29, 1.82) is 0 Å². The predicted molar refractivity (Wildman–Crippen MR) is 325 cm³/mol. The number of nitrogens with zero attached hydrogens (tertiary/aromatic N) is 2. The van der Waals surface area contributed by atoms with E-state index in [4.69, 9.17) is 0 Å². The Kier molecular flexibility index (Phi) is 16.0. The molecule has 16 fully saturated rings. The third-order valence-corrected chi connectivity index (χ3v) is 31.7. The average molecular weight is 1070 g/mol. The van der Waals surface area contributed by atoms with Crippen LogP contribution in [0.25, 0.3) is 0 Å². The molecule has 0 spiro atoms. The van der Waals surface area contributed by atoms with Gasteiger partial charge in [-0.05, 0) is 271 Å². The second-order valence-electron chi connectivity index (χ2n) is 34.3. The van der Waals surface area contributed by atoms with Crippen molar-refractivity contribution in [2.24, 2.45) is 130 Å². The van der Waals surface area contributed by atoms with Crippen LogP contribution in [0.1, 0.15) is 308 Å². The van der Waals surface area contributed by atoms with Crippen molar-refractivity contribution in [3.63, 3.8) is 0 Å². The molecule has 22 unspecified atom stereocenters. The third kappa shape index (κ3) is 9.49. The quantitative estimate of drug-likeness (QED) is 0.251. The molecule has 2 nitrogen and oxygen atoms in total. The smallest absolute Gasteiger partial charge is 0.0133 e. The Morgan fingerprint density at radius 2 is 0.372 bits per heavy atom. The molecule has 16 rings (SSSR count). The van der Waals surface area contributed by atoms with E-state index in [-0.39, 0.29) is 0 Å². The standard InChI is InChI=1S/C76H124N2/c1-3-23-49(24-4-1)51-43-53(47-55(45-51)77-69-39-19-15-27-57(69)58-28-16-20-40-70(58)77)73-61-31-7-11-35-65(61)75(66-36-12-8-32-62(66)73)76-67-37-13-9-33-63(67)74(64-34-10-14-38-68(64)76)54-44-52(50-25-5-2-6-26-50)46-56(48-54)78-71-41-21-17-29-59(71)60-30-18-22-42-72(60)78/h49-76H,1-48H2. The highest BCUT2D eigenvalue weighted by molar-refractivity contribution is 5.14. The molecule has 438 valence electrons. The second-order valence-corrected chi connectivity index (χ2v) is 34.3. The molecule has 2 heteroatoms. The van der Waals surface area contributed by atoms with Gasteiger partial charge in [0.05, 0.1) is 0 Å². The summed E-state index contributed by atoms with van der Waals surface area (Å²) in [5, 5.41) is 0. The molecule has 0 radical (unpaired) electrons. The molecule has 0 aromatic heterocycles.